The quantitative estimate of drug-likeness (QED) is 0.0830. The zero-order valence-electron chi connectivity index (χ0n) is 30.6. The van der Waals surface area contributed by atoms with Crippen molar-refractivity contribution in [1.82, 2.24) is 14.9 Å². The van der Waals surface area contributed by atoms with Gasteiger partial charge in [-0.3, -0.25) is 4.90 Å². The predicted molar refractivity (Wildman–Crippen MR) is 203 cm³/mol. The molecule has 2 fully saturated rings. The number of alkyl halides is 3. The number of aromatic nitrogens is 2. The van der Waals surface area contributed by atoms with Gasteiger partial charge in [-0.25, -0.2) is 23.0 Å². The van der Waals surface area contributed by atoms with Crippen molar-refractivity contribution in [3.8, 4) is 22.9 Å². The highest BCUT2D eigenvalue weighted by molar-refractivity contribution is 6.15. The van der Waals surface area contributed by atoms with Crippen molar-refractivity contribution in [2.45, 2.75) is 31.1 Å². The van der Waals surface area contributed by atoms with Gasteiger partial charge >= 0.3 is 18.3 Å². The van der Waals surface area contributed by atoms with Crippen LogP contribution in [0.15, 0.2) is 96.0 Å². The molecule has 5 aromatic carbocycles. The maximum Gasteiger partial charge on any atom is 0.422 e. The second-order valence-electron chi connectivity index (χ2n) is 13.9. The maximum absolute atomic E-state index is 17.9. The van der Waals surface area contributed by atoms with Crippen molar-refractivity contribution in [2.75, 3.05) is 38.5 Å². The molecule has 1 amide bonds. The van der Waals surface area contributed by atoms with Crippen molar-refractivity contribution >= 4 is 45.0 Å². The Kier molecular flexibility index (Phi) is 10.3. The van der Waals surface area contributed by atoms with Gasteiger partial charge in [0.25, 0.3) is 0 Å². The number of ether oxygens (including phenoxy) is 3. The first kappa shape index (κ1) is 38.5. The molecule has 1 N–H and O–H groups in total. The van der Waals surface area contributed by atoms with Gasteiger partial charge in [0.1, 0.15) is 17.1 Å². The van der Waals surface area contributed by atoms with E-state index >= 15 is 13.2 Å². The van der Waals surface area contributed by atoms with Gasteiger partial charge in [-0.15, -0.1) is 0 Å². The number of methoxy groups -OCH3 is 1. The SMILES string of the molecule is COCOc1cc(-c2c(N=C(c3ccccc3)c3ccccc3)cc3c(N4C[C@H]5CC[C@@H](C4)N5C(=O)O)nc(OCC(F)(F)F)nc3c2F)c2c(F)c(F)ccc2c1. The summed E-state index contributed by atoms with van der Waals surface area (Å²) < 4.78 is 105. The Hall–Kier alpha value is -6.42. The van der Waals surface area contributed by atoms with Crippen molar-refractivity contribution in [2.24, 2.45) is 4.99 Å². The molecule has 2 bridgehead atoms. The molecule has 16 heteroatoms. The van der Waals surface area contributed by atoms with Crippen LogP contribution in [0.25, 0.3) is 32.8 Å². The van der Waals surface area contributed by atoms with Crippen molar-refractivity contribution < 1.29 is 50.5 Å². The molecule has 58 heavy (non-hydrogen) atoms. The minimum atomic E-state index is -4.80. The van der Waals surface area contributed by atoms with E-state index in [1.807, 2.05) is 12.1 Å². The number of carboxylic acid groups (broad SMARTS) is 1. The van der Waals surface area contributed by atoms with Gasteiger partial charge < -0.3 is 24.2 Å². The third-order valence-corrected chi connectivity index (χ3v) is 10.2. The van der Waals surface area contributed by atoms with Gasteiger partial charge in [0.15, 0.2) is 30.9 Å². The Morgan fingerprint density at radius 1 is 0.862 bits per heavy atom. The highest BCUT2D eigenvalue weighted by Gasteiger charge is 2.44. The lowest BCUT2D eigenvalue weighted by Crippen LogP contribution is -2.55. The smallest absolute Gasteiger partial charge is 0.422 e. The summed E-state index contributed by atoms with van der Waals surface area (Å²) in [5.41, 5.74) is 0.424. The van der Waals surface area contributed by atoms with E-state index in [0.29, 0.717) is 29.7 Å². The summed E-state index contributed by atoms with van der Waals surface area (Å²) >= 11 is 0. The highest BCUT2D eigenvalue weighted by atomic mass is 19.4. The van der Waals surface area contributed by atoms with E-state index in [-0.39, 0.29) is 64.4 Å². The van der Waals surface area contributed by atoms with Crippen LogP contribution in [0.5, 0.6) is 11.8 Å². The molecule has 3 heterocycles. The molecule has 6 aromatic rings. The van der Waals surface area contributed by atoms with Crippen LogP contribution in [0.4, 0.5) is 42.6 Å². The zero-order valence-corrected chi connectivity index (χ0v) is 30.6. The molecule has 1 aromatic heterocycles. The van der Waals surface area contributed by atoms with E-state index in [2.05, 4.69) is 9.97 Å². The molecule has 8 rings (SSSR count). The first-order valence-electron chi connectivity index (χ1n) is 18.1. The summed E-state index contributed by atoms with van der Waals surface area (Å²) in [6, 6.07) is 22.6. The molecule has 2 saturated heterocycles. The normalized spacial score (nSPS) is 16.5. The van der Waals surface area contributed by atoms with E-state index in [9.17, 15) is 23.1 Å². The molecule has 10 nitrogen and oxygen atoms in total. The summed E-state index contributed by atoms with van der Waals surface area (Å²) in [6.45, 7) is -1.87. The summed E-state index contributed by atoms with van der Waals surface area (Å²) in [6.07, 6.45) is -4.86. The second kappa shape index (κ2) is 15.5. The van der Waals surface area contributed by atoms with Crippen LogP contribution in [0.1, 0.15) is 24.0 Å². The average molecular weight is 802 g/mol. The van der Waals surface area contributed by atoms with Gasteiger partial charge in [-0.1, -0.05) is 66.7 Å². The molecule has 0 radical (unpaired) electrons. The number of aliphatic imine (C=N–C) groups is 1. The van der Waals surface area contributed by atoms with Gasteiger partial charge in [0.05, 0.1) is 23.5 Å². The summed E-state index contributed by atoms with van der Waals surface area (Å²) in [5.74, 6) is -3.59. The third kappa shape index (κ3) is 7.42. The molecule has 0 unspecified atom stereocenters. The number of benzene rings is 5. The average Bonchev–Trinajstić information content (AvgIpc) is 3.49. The monoisotopic (exact) mass is 801 g/mol. The molecule has 0 saturated carbocycles. The molecule has 2 atom stereocenters. The van der Waals surface area contributed by atoms with Gasteiger partial charge in [0, 0.05) is 53.2 Å². The number of hydrogen-bond donors (Lipinski definition) is 1. The lowest BCUT2D eigenvalue weighted by molar-refractivity contribution is -0.154. The molecule has 0 aliphatic carbocycles. The van der Waals surface area contributed by atoms with Crippen LogP contribution in [0.3, 0.4) is 0 Å². The zero-order chi connectivity index (χ0) is 40.7. The van der Waals surface area contributed by atoms with Crippen LogP contribution in [0.2, 0.25) is 0 Å². The lowest BCUT2D eigenvalue weighted by atomic mass is 9.93. The van der Waals surface area contributed by atoms with Crippen molar-refractivity contribution in [1.29, 1.82) is 0 Å². The predicted octanol–water partition coefficient (Wildman–Crippen LogP) is 9.29. The lowest BCUT2D eigenvalue weighted by Gasteiger charge is -2.40. The maximum atomic E-state index is 17.9. The van der Waals surface area contributed by atoms with Crippen LogP contribution in [-0.2, 0) is 4.74 Å². The third-order valence-electron chi connectivity index (χ3n) is 10.2. The van der Waals surface area contributed by atoms with Crippen molar-refractivity contribution in [3.63, 3.8) is 0 Å². The molecule has 298 valence electrons. The fraction of sp³-hybridized carbons (Fsp3) is 0.238. The molecule has 2 aliphatic heterocycles. The van der Waals surface area contributed by atoms with E-state index in [1.54, 1.807) is 53.4 Å². The van der Waals surface area contributed by atoms with E-state index < -0.39 is 59.9 Å². The fourth-order valence-electron chi connectivity index (χ4n) is 7.75. The van der Waals surface area contributed by atoms with Crippen LogP contribution in [-0.4, -0.2) is 83.6 Å². The Morgan fingerprint density at radius 2 is 1.52 bits per heavy atom. The highest BCUT2D eigenvalue weighted by Crippen LogP contribution is 2.46. The molecular weight excluding hydrogens is 768 g/mol. The number of fused-ring (bicyclic) bond motifs is 4. The molecular formula is C42H33F6N5O5. The Bertz CT molecular complexity index is 2500. The Labute approximate surface area is 326 Å². The minimum absolute atomic E-state index is 0.00533. The fourth-order valence-corrected chi connectivity index (χ4v) is 7.75. The van der Waals surface area contributed by atoms with E-state index in [1.165, 1.54) is 36.3 Å². The Balaban J connectivity index is 1.47. The number of halogens is 6. The number of rotatable bonds is 10. The molecule has 2 aliphatic rings. The summed E-state index contributed by atoms with van der Waals surface area (Å²) in [5, 5.41) is 9.73. The Morgan fingerprint density at radius 3 is 2.12 bits per heavy atom. The van der Waals surface area contributed by atoms with Crippen LogP contribution >= 0.6 is 0 Å². The summed E-state index contributed by atoms with van der Waals surface area (Å²) in [4.78, 5) is 28.7. The number of anilines is 1. The molecule has 0 spiro atoms. The van der Waals surface area contributed by atoms with E-state index in [0.717, 1.165) is 6.07 Å². The number of carbonyl (C=O) groups is 1. The number of piperazine rings is 1. The first-order valence-corrected chi connectivity index (χ1v) is 18.1. The number of hydrogen-bond acceptors (Lipinski definition) is 8. The van der Waals surface area contributed by atoms with Crippen LogP contribution < -0.4 is 14.4 Å². The largest absolute Gasteiger partial charge is 0.468 e. The number of nitrogens with zero attached hydrogens (tertiary/aromatic N) is 5. The first-order chi connectivity index (χ1) is 27.9. The standard InChI is InChI=1S/C42H33F6N5O5/c1-56-22-58-28-16-25-12-15-31(43)35(44)33(25)29(17-28)34-32(49-37(23-8-4-2-5-9-23)24-10-6-3-7-11-24)18-30-38(36(34)45)50-40(57-21-42(46,47)48)51-39(30)52-19-26-13-14-27(20-52)53(26)41(54)55/h2-12,15-18,26-27H,13-14,19-22H2,1H3,(H,54,55)/t26-,27+. The summed E-state index contributed by atoms with van der Waals surface area (Å²) in [7, 11) is 1.38. The topological polar surface area (TPSA) is 110 Å². The van der Waals surface area contributed by atoms with E-state index in [4.69, 9.17) is 19.2 Å². The van der Waals surface area contributed by atoms with Gasteiger partial charge in [-0.2, -0.15) is 23.1 Å². The number of amides is 1. The second-order valence-corrected chi connectivity index (χ2v) is 13.9. The van der Waals surface area contributed by atoms with Gasteiger partial charge in [-0.05, 0) is 42.5 Å². The van der Waals surface area contributed by atoms with Crippen LogP contribution in [0, 0.1) is 17.5 Å². The van der Waals surface area contributed by atoms with Crippen molar-refractivity contribution in [3.05, 3.63) is 120 Å². The van der Waals surface area contributed by atoms with Gasteiger partial charge in [0.2, 0.25) is 0 Å². The minimum Gasteiger partial charge on any atom is -0.468 e.